The van der Waals surface area contributed by atoms with E-state index in [1.807, 2.05) is 20.8 Å². The summed E-state index contributed by atoms with van der Waals surface area (Å²) in [6.07, 6.45) is -0.938. The zero-order valence-corrected chi connectivity index (χ0v) is 16.8. The number of nitrogens with zero attached hydrogens (tertiary/aromatic N) is 3. The molecule has 0 aliphatic rings. The molecule has 0 aromatic carbocycles. The van der Waals surface area contributed by atoms with Crippen molar-refractivity contribution in [2.45, 2.75) is 47.1 Å². The van der Waals surface area contributed by atoms with Gasteiger partial charge in [0.25, 0.3) is 0 Å². The fraction of sp³-hybridized carbons (Fsp3) is 0.625. The highest BCUT2D eigenvalue weighted by atomic mass is 31.2. The van der Waals surface area contributed by atoms with Gasteiger partial charge < -0.3 is 19.5 Å². The van der Waals surface area contributed by atoms with Crippen LogP contribution < -0.4 is 5.73 Å². The minimum Gasteiger partial charge on any atom is -0.382 e. The van der Waals surface area contributed by atoms with Crippen LogP contribution >= 0.6 is 7.60 Å². The molecule has 10 heteroatoms. The maximum Gasteiger partial charge on any atom is 0.356 e. The molecule has 0 fully saturated rings. The minimum absolute atomic E-state index is 0.0690. The Bertz CT molecular complexity index is 730. The first kappa shape index (κ1) is 22.5. The molecular formula is C16H28FN4O4P. The Morgan fingerprint density at radius 3 is 2.46 bits per heavy atom. The summed E-state index contributed by atoms with van der Waals surface area (Å²) in [6, 6.07) is 3.48. The number of halogens is 1. The van der Waals surface area contributed by atoms with E-state index in [4.69, 9.17) is 19.5 Å². The van der Waals surface area contributed by atoms with Gasteiger partial charge >= 0.3 is 13.7 Å². The van der Waals surface area contributed by atoms with Crippen molar-refractivity contribution in [2.24, 2.45) is 0 Å². The number of anilines is 1. The highest BCUT2D eigenvalue weighted by Gasteiger charge is 2.25. The normalized spacial score (nSPS) is 12.7. The number of hydrogen-bond donors (Lipinski definition) is 1. The van der Waals surface area contributed by atoms with E-state index in [2.05, 4.69) is 10.1 Å². The first-order valence-corrected chi connectivity index (χ1v) is 10.4. The van der Waals surface area contributed by atoms with Crippen LogP contribution in [-0.4, -0.2) is 40.3 Å². The summed E-state index contributed by atoms with van der Waals surface area (Å²) in [5.74, 6) is 0.0690. The minimum atomic E-state index is -3.26. The molecule has 0 amide bonds. The first-order valence-electron chi connectivity index (χ1n) is 8.68. The Morgan fingerprint density at radius 1 is 1.27 bits per heavy atom. The number of aromatic nitrogens is 3. The maximum atomic E-state index is 13.3. The highest BCUT2D eigenvalue weighted by Crippen LogP contribution is 2.48. The van der Waals surface area contributed by atoms with Gasteiger partial charge in [-0.05, 0) is 32.9 Å². The molecule has 26 heavy (non-hydrogen) atoms. The number of nitrogens with two attached hydrogens (primary N) is 1. The van der Waals surface area contributed by atoms with Gasteiger partial charge in [-0.15, -0.1) is 5.10 Å². The third-order valence-electron chi connectivity index (χ3n) is 3.26. The van der Waals surface area contributed by atoms with Crippen LogP contribution in [0.5, 0.6) is 0 Å². The molecule has 2 aromatic rings. The van der Waals surface area contributed by atoms with Crippen LogP contribution in [0.4, 0.5) is 10.2 Å². The maximum absolute atomic E-state index is 13.3. The lowest BCUT2D eigenvalue weighted by molar-refractivity contribution is 0.0769. The second-order valence-corrected chi connectivity index (χ2v) is 7.14. The predicted molar refractivity (Wildman–Crippen MR) is 98.7 cm³/mol. The average Bonchev–Trinajstić information content (AvgIpc) is 2.98. The van der Waals surface area contributed by atoms with Crippen LogP contribution in [0.2, 0.25) is 0 Å². The van der Waals surface area contributed by atoms with Crippen molar-refractivity contribution in [3.8, 4) is 0 Å². The molecule has 148 valence electrons. The molecule has 1 unspecified atom stereocenters. The van der Waals surface area contributed by atoms with E-state index in [-0.39, 0.29) is 31.5 Å². The van der Waals surface area contributed by atoms with Crippen LogP contribution in [0.15, 0.2) is 12.1 Å². The van der Waals surface area contributed by atoms with Crippen LogP contribution in [0.25, 0.3) is 5.52 Å². The number of fused-ring (bicyclic) bond motifs is 1. The topological polar surface area (TPSA) is 101 Å². The molecule has 2 rings (SSSR count). The van der Waals surface area contributed by atoms with Crippen molar-refractivity contribution in [3.63, 3.8) is 0 Å². The molecule has 0 saturated carbocycles. The van der Waals surface area contributed by atoms with Crippen LogP contribution in [-0.2, 0) is 24.8 Å². The molecule has 2 N–H and O–H groups in total. The second kappa shape index (κ2) is 10.6. The van der Waals surface area contributed by atoms with Gasteiger partial charge in [-0.3, -0.25) is 4.57 Å². The van der Waals surface area contributed by atoms with Gasteiger partial charge in [0.05, 0.1) is 19.3 Å². The monoisotopic (exact) mass is 390 g/mol. The van der Waals surface area contributed by atoms with E-state index in [9.17, 15) is 8.96 Å². The van der Waals surface area contributed by atoms with E-state index < -0.39 is 13.7 Å². The molecule has 2 aromatic heterocycles. The Kier molecular flexibility index (Phi) is 9.15. The molecular weight excluding hydrogens is 362 g/mol. The SMILES string of the molecule is CC.CCOP(=O)(COC(C)Cc1ccc2c(N)nc(F)nn12)OCC. The molecule has 0 spiro atoms. The summed E-state index contributed by atoms with van der Waals surface area (Å²) >= 11 is 0. The van der Waals surface area contributed by atoms with Crippen LogP contribution in [0.3, 0.4) is 0 Å². The molecule has 8 nitrogen and oxygen atoms in total. The third-order valence-corrected chi connectivity index (χ3v) is 5.03. The molecule has 2 heterocycles. The number of ether oxygens (including phenoxy) is 1. The first-order chi connectivity index (χ1) is 12.4. The molecule has 0 saturated heterocycles. The van der Waals surface area contributed by atoms with Crippen molar-refractivity contribution in [1.82, 2.24) is 14.6 Å². The van der Waals surface area contributed by atoms with Gasteiger partial charge in [-0.2, -0.15) is 9.37 Å². The fourth-order valence-electron chi connectivity index (χ4n) is 2.28. The van der Waals surface area contributed by atoms with Crippen molar-refractivity contribution in [3.05, 3.63) is 23.9 Å². The van der Waals surface area contributed by atoms with E-state index in [1.54, 1.807) is 26.0 Å². The van der Waals surface area contributed by atoms with E-state index >= 15 is 0 Å². The Balaban J connectivity index is 0.00000163. The summed E-state index contributed by atoms with van der Waals surface area (Å²) in [7, 11) is -3.26. The number of hydrogen-bond acceptors (Lipinski definition) is 7. The quantitative estimate of drug-likeness (QED) is 0.652. The zero-order valence-electron chi connectivity index (χ0n) is 15.9. The number of rotatable bonds is 9. The van der Waals surface area contributed by atoms with Gasteiger partial charge in [0.2, 0.25) is 0 Å². The van der Waals surface area contributed by atoms with Crippen molar-refractivity contribution < 1.29 is 22.7 Å². The zero-order chi connectivity index (χ0) is 19.7. The van der Waals surface area contributed by atoms with Crippen molar-refractivity contribution >= 4 is 18.9 Å². The summed E-state index contributed by atoms with van der Waals surface area (Å²) in [6.45, 7) is 9.82. The molecule has 0 radical (unpaired) electrons. The Hall–Kier alpha value is -1.54. The van der Waals surface area contributed by atoms with Gasteiger partial charge in [0.1, 0.15) is 11.9 Å². The van der Waals surface area contributed by atoms with Gasteiger partial charge in [0, 0.05) is 12.1 Å². The summed E-state index contributed by atoms with van der Waals surface area (Å²) in [5, 5.41) is 3.72. The lowest BCUT2D eigenvalue weighted by atomic mass is 10.2. The van der Waals surface area contributed by atoms with Gasteiger partial charge in [-0.25, -0.2) is 4.52 Å². The third kappa shape index (κ3) is 6.02. The van der Waals surface area contributed by atoms with Crippen LogP contribution in [0, 0.1) is 6.08 Å². The van der Waals surface area contributed by atoms with Gasteiger partial charge in [-0.1, -0.05) is 13.8 Å². The van der Waals surface area contributed by atoms with Crippen LogP contribution in [0.1, 0.15) is 40.3 Å². The lowest BCUT2D eigenvalue weighted by Crippen LogP contribution is -2.16. The molecule has 0 aliphatic carbocycles. The second-order valence-electron chi connectivity index (χ2n) is 5.14. The standard InChI is InChI=1S/C14H22FN4O4P.C2H6/c1-4-22-24(20,23-5-2)9-21-10(3)8-11-6-7-12-13(16)17-14(15)18-19(11)12;1-2/h6-7,10H,4-5,8-9H2,1-3H3,(H2,16,17,18);1-2H3. The predicted octanol–water partition coefficient (Wildman–Crippen LogP) is 3.65. The summed E-state index contributed by atoms with van der Waals surface area (Å²) < 4.78 is 43.0. The highest BCUT2D eigenvalue weighted by molar-refractivity contribution is 7.53. The lowest BCUT2D eigenvalue weighted by Gasteiger charge is -2.19. The largest absolute Gasteiger partial charge is 0.382 e. The number of nitrogen functional groups attached to an aromatic ring is 1. The average molecular weight is 390 g/mol. The van der Waals surface area contributed by atoms with E-state index in [0.717, 1.165) is 0 Å². The molecule has 0 aliphatic heterocycles. The summed E-state index contributed by atoms with van der Waals surface area (Å²) in [4.78, 5) is 3.48. The molecule has 0 bridgehead atoms. The fourth-order valence-corrected chi connectivity index (χ4v) is 3.72. The Morgan fingerprint density at radius 2 is 1.88 bits per heavy atom. The van der Waals surface area contributed by atoms with E-state index in [0.29, 0.717) is 17.6 Å². The van der Waals surface area contributed by atoms with Crippen molar-refractivity contribution in [1.29, 1.82) is 0 Å². The molecule has 1 atom stereocenters. The Labute approximate surface area is 153 Å². The smallest absolute Gasteiger partial charge is 0.356 e. The van der Waals surface area contributed by atoms with E-state index in [1.165, 1.54) is 4.52 Å². The van der Waals surface area contributed by atoms with Crippen molar-refractivity contribution in [2.75, 3.05) is 25.3 Å². The summed E-state index contributed by atoms with van der Waals surface area (Å²) in [5.41, 5.74) is 6.89. The van der Waals surface area contributed by atoms with Gasteiger partial charge in [0.15, 0.2) is 5.82 Å².